The predicted octanol–water partition coefficient (Wildman–Crippen LogP) is 1.27. The molecule has 1 N–H and O–H groups in total. The minimum absolute atomic E-state index is 0.123. The van der Waals surface area contributed by atoms with E-state index >= 15 is 0 Å². The molecule has 126 valence electrons. The van der Waals surface area contributed by atoms with Crippen molar-refractivity contribution < 1.29 is 13.2 Å². The Labute approximate surface area is 141 Å². The molecule has 1 amide bonds. The number of amides is 1. The minimum atomic E-state index is -3.35. The summed E-state index contributed by atoms with van der Waals surface area (Å²) < 4.78 is 23.5. The molecule has 2 aromatic rings. The van der Waals surface area contributed by atoms with Crippen LogP contribution in [0.2, 0.25) is 0 Å². The van der Waals surface area contributed by atoms with Gasteiger partial charge in [0.2, 0.25) is 0 Å². The fourth-order valence-corrected chi connectivity index (χ4v) is 3.51. The van der Waals surface area contributed by atoms with Crippen LogP contribution in [0, 0.1) is 0 Å². The average Bonchev–Trinajstić information content (AvgIpc) is 2.61. The maximum atomic E-state index is 12.9. The highest BCUT2D eigenvalue weighted by molar-refractivity contribution is 7.90. The number of carbonyl (C=O) groups excluding carboxylic acids is 1. The summed E-state index contributed by atoms with van der Waals surface area (Å²) in [5.74, 6) is -0.171. The smallest absolute Gasteiger partial charge is 0.254 e. The van der Waals surface area contributed by atoms with Crippen molar-refractivity contribution in [1.29, 1.82) is 0 Å². The first-order chi connectivity index (χ1) is 11.5. The second kappa shape index (κ2) is 6.70. The molecule has 7 heteroatoms. The highest BCUT2D eigenvalue weighted by Gasteiger charge is 2.29. The van der Waals surface area contributed by atoms with Crippen molar-refractivity contribution in [2.45, 2.75) is 10.9 Å². The Morgan fingerprint density at radius 3 is 2.83 bits per heavy atom. The molecule has 0 aliphatic carbocycles. The monoisotopic (exact) mass is 345 g/mol. The van der Waals surface area contributed by atoms with Crippen LogP contribution in [0.15, 0.2) is 53.7 Å². The second-order valence-corrected chi connectivity index (χ2v) is 7.82. The fourth-order valence-electron chi connectivity index (χ4n) is 2.84. The van der Waals surface area contributed by atoms with Crippen LogP contribution in [0.3, 0.4) is 0 Å². The molecular weight excluding hydrogens is 326 g/mol. The summed E-state index contributed by atoms with van der Waals surface area (Å²) in [7, 11) is -3.35. The largest absolute Gasteiger partial charge is 0.329 e. The molecule has 1 saturated heterocycles. The van der Waals surface area contributed by atoms with Crippen LogP contribution in [0.1, 0.15) is 22.0 Å². The lowest BCUT2D eigenvalue weighted by Crippen LogP contribution is -2.48. The Hall–Kier alpha value is -2.25. The zero-order valence-electron chi connectivity index (χ0n) is 13.3. The number of aromatic nitrogens is 1. The Balaban J connectivity index is 1.93. The van der Waals surface area contributed by atoms with E-state index in [2.05, 4.69) is 10.3 Å². The minimum Gasteiger partial charge on any atom is -0.329 e. The quantitative estimate of drug-likeness (QED) is 0.906. The van der Waals surface area contributed by atoms with Crippen molar-refractivity contribution in [2.24, 2.45) is 0 Å². The van der Waals surface area contributed by atoms with Gasteiger partial charge in [0.25, 0.3) is 5.91 Å². The molecule has 24 heavy (non-hydrogen) atoms. The maximum Gasteiger partial charge on any atom is 0.254 e. The molecule has 1 aliphatic heterocycles. The van der Waals surface area contributed by atoms with Gasteiger partial charge >= 0.3 is 0 Å². The van der Waals surface area contributed by atoms with Gasteiger partial charge in [0.15, 0.2) is 9.84 Å². The van der Waals surface area contributed by atoms with Crippen molar-refractivity contribution in [3.8, 4) is 0 Å². The topological polar surface area (TPSA) is 79.4 Å². The van der Waals surface area contributed by atoms with Crippen LogP contribution in [-0.4, -0.2) is 50.1 Å². The molecule has 1 aromatic heterocycles. The molecule has 1 aliphatic rings. The van der Waals surface area contributed by atoms with Gasteiger partial charge in [-0.3, -0.25) is 9.78 Å². The Bertz CT molecular complexity index is 837. The van der Waals surface area contributed by atoms with E-state index in [0.717, 1.165) is 11.8 Å². The number of sulfone groups is 1. The lowest BCUT2D eigenvalue weighted by Gasteiger charge is -2.36. The van der Waals surface area contributed by atoms with Gasteiger partial charge in [-0.05, 0) is 29.8 Å². The number of nitrogens with zero attached hydrogens (tertiary/aromatic N) is 2. The number of carbonyl (C=O) groups is 1. The molecule has 3 rings (SSSR count). The predicted molar refractivity (Wildman–Crippen MR) is 90.4 cm³/mol. The number of hydrogen-bond acceptors (Lipinski definition) is 5. The van der Waals surface area contributed by atoms with Crippen LogP contribution >= 0.6 is 0 Å². The van der Waals surface area contributed by atoms with E-state index in [1.807, 2.05) is 12.1 Å². The molecule has 1 aromatic carbocycles. The summed E-state index contributed by atoms with van der Waals surface area (Å²) in [6, 6.07) is 9.86. The van der Waals surface area contributed by atoms with Gasteiger partial charge in [-0.1, -0.05) is 12.1 Å². The SMILES string of the molecule is CS(=O)(=O)c1cccc(C(=O)N2CCNCC2c2cccnc2)c1. The van der Waals surface area contributed by atoms with Crippen molar-refractivity contribution in [1.82, 2.24) is 15.2 Å². The van der Waals surface area contributed by atoms with Crippen LogP contribution in [0.25, 0.3) is 0 Å². The molecule has 6 nitrogen and oxygen atoms in total. The molecule has 1 unspecified atom stereocenters. The molecule has 0 radical (unpaired) electrons. The van der Waals surface area contributed by atoms with E-state index in [1.165, 1.54) is 12.1 Å². The second-order valence-electron chi connectivity index (χ2n) is 5.80. The summed E-state index contributed by atoms with van der Waals surface area (Å²) in [4.78, 5) is 19.0. The van der Waals surface area contributed by atoms with Crippen molar-refractivity contribution in [2.75, 3.05) is 25.9 Å². The molecule has 2 heterocycles. The normalized spacial score (nSPS) is 18.4. The molecule has 0 saturated carbocycles. The standard InChI is InChI=1S/C17H19N3O3S/c1-24(22,23)15-6-2-4-13(10-15)17(21)20-9-8-19-12-16(20)14-5-3-7-18-11-14/h2-7,10-11,16,19H,8-9,12H2,1H3. The number of pyridine rings is 1. The van der Waals surface area contributed by atoms with Crippen molar-refractivity contribution in [3.63, 3.8) is 0 Å². The van der Waals surface area contributed by atoms with Gasteiger partial charge in [-0.15, -0.1) is 0 Å². The van der Waals surface area contributed by atoms with Gasteiger partial charge in [0.1, 0.15) is 0 Å². The van der Waals surface area contributed by atoms with Crippen LogP contribution < -0.4 is 5.32 Å². The summed E-state index contributed by atoms with van der Waals surface area (Å²) in [5, 5.41) is 3.29. The molecule has 1 fully saturated rings. The number of rotatable bonds is 3. The van der Waals surface area contributed by atoms with Gasteiger partial charge in [0.05, 0.1) is 10.9 Å². The third-order valence-corrected chi connectivity index (χ3v) is 5.19. The molecular formula is C17H19N3O3S. The van der Waals surface area contributed by atoms with E-state index in [9.17, 15) is 13.2 Å². The maximum absolute atomic E-state index is 12.9. The van der Waals surface area contributed by atoms with Crippen molar-refractivity contribution in [3.05, 3.63) is 59.9 Å². The Morgan fingerprint density at radius 2 is 2.12 bits per heavy atom. The Morgan fingerprint density at radius 1 is 1.29 bits per heavy atom. The highest BCUT2D eigenvalue weighted by Crippen LogP contribution is 2.24. The third kappa shape index (κ3) is 3.47. The van der Waals surface area contributed by atoms with Crippen LogP contribution in [0.5, 0.6) is 0 Å². The zero-order chi connectivity index (χ0) is 17.2. The zero-order valence-corrected chi connectivity index (χ0v) is 14.2. The number of hydrogen-bond donors (Lipinski definition) is 1. The average molecular weight is 345 g/mol. The number of benzene rings is 1. The van der Waals surface area contributed by atoms with Crippen molar-refractivity contribution >= 4 is 15.7 Å². The van der Waals surface area contributed by atoms with Gasteiger partial charge < -0.3 is 10.2 Å². The third-order valence-electron chi connectivity index (χ3n) is 4.08. The first-order valence-corrected chi connectivity index (χ1v) is 9.58. The molecule has 0 spiro atoms. The van der Waals surface area contributed by atoms with Crippen LogP contribution in [0.4, 0.5) is 0 Å². The van der Waals surface area contributed by atoms with E-state index in [1.54, 1.807) is 29.4 Å². The van der Waals surface area contributed by atoms with E-state index in [0.29, 0.717) is 25.2 Å². The van der Waals surface area contributed by atoms with E-state index in [4.69, 9.17) is 0 Å². The summed E-state index contributed by atoms with van der Waals surface area (Å²) >= 11 is 0. The number of piperazine rings is 1. The summed E-state index contributed by atoms with van der Waals surface area (Å²) in [6.07, 6.45) is 4.59. The van der Waals surface area contributed by atoms with Gasteiger partial charge in [0, 0.05) is 43.8 Å². The first kappa shape index (κ1) is 16.6. The lowest BCUT2D eigenvalue weighted by molar-refractivity contribution is 0.0633. The summed E-state index contributed by atoms with van der Waals surface area (Å²) in [5.41, 5.74) is 1.34. The van der Waals surface area contributed by atoms with Gasteiger partial charge in [-0.25, -0.2) is 8.42 Å². The van der Waals surface area contributed by atoms with Gasteiger partial charge in [-0.2, -0.15) is 0 Å². The number of nitrogens with one attached hydrogen (secondary N) is 1. The first-order valence-electron chi connectivity index (χ1n) is 7.68. The molecule has 0 bridgehead atoms. The summed E-state index contributed by atoms with van der Waals surface area (Å²) in [6.45, 7) is 1.90. The van der Waals surface area contributed by atoms with E-state index in [-0.39, 0.29) is 16.8 Å². The highest BCUT2D eigenvalue weighted by atomic mass is 32.2. The Kier molecular flexibility index (Phi) is 4.64. The lowest BCUT2D eigenvalue weighted by atomic mass is 10.0. The fraction of sp³-hybridized carbons (Fsp3) is 0.294. The van der Waals surface area contributed by atoms with Crippen LogP contribution in [-0.2, 0) is 9.84 Å². The molecule has 1 atom stereocenters. The van der Waals surface area contributed by atoms with E-state index < -0.39 is 9.84 Å².